The Morgan fingerprint density at radius 1 is 1.47 bits per heavy atom. The Kier molecular flexibility index (Phi) is 4.31. The summed E-state index contributed by atoms with van der Waals surface area (Å²) in [6.07, 6.45) is 6.81. The van der Waals surface area contributed by atoms with Crippen molar-refractivity contribution in [2.75, 3.05) is 14.1 Å². The molecule has 1 N–H and O–H groups in total. The highest BCUT2D eigenvalue weighted by Crippen LogP contribution is 2.38. The van der Waals surface area contributed by atoms with Crippen molar-refractivity contribution >= 4 is 0 Å². The first-order valence-electron chi connectivity index (χ1n) is 7.28. The molecule has 108 valence electrons. The summed E-state index contributed by atoms with van der Waals surface area (Å²) in [4.78, 5) is 2.23. The number of hydrogen-bond donors (Lipinski definition) is 1. The number of aliphatic hydroxyl groups is 1. The zero-order chi connectivity index (χ0) is 14.0. The van der Waals surface area contributed by atoms with E-state index in [9.17, 15) is 5.11 Å². The van der Waals surface area contributed by atoms with Gasteiger partial charge < -0.3 is 10.0 Å². The molecule has 0 saturated heterocycles. The van der Waals surface area contributed by atoms with Gasteiger partial charge in [-0.1, -0.05) is 6.92 Å². The maximum atomic E-state index is 10.8. The van der Waals surface area contributed by atoms with Crippen molar-refractivity contribution in [1.82, 2.24) is 14.7 Å². The molecule has 0 radical (unpaired) electrons. The maximum absolute atomic E-state index is 10.8. The summed E-state index contributed by atoms with van der Waals surface area (Å²) in [6.45, 7) is 2.31. The molecule has 4 heteroatoms. The molecule has 0 spiro atoms. The van der Waals surface area contributed by atoms with Gasteiger partial charge in [-0.15, -0.1) is 0 Å². The van der Waals surface area contributed by atoms with Crippen LogP contribution in [0, 0.1) is 5.92 Å². The molecular formula is C15H27N3O. The average molecular weight is 265 g/mol. The van der Waals surface area contributed by atoms with E-state index in [1.165, 1.54) is 12.8 Å². The monoisotopic (exact) mass is 265 g/mol. The van der Waals surface area contributed by atoms with Crippen LogP contribution in [0.15, 0.2) is 12.3 Å². The van der Waals surface area contributed by atoms with E-state index in [0.717, 1.165) is 24.5 Å². The molecule has 19 heavy (non-hydrogen) atoms. The lowest BCUT2D eigenvalue weighted by Gasteiger charge is -2.47. The van der Waals surface area contributed by atoms with Gasteiger partial charge in [-0.05, 0) is 51.8 Å². The third-order valence-corrected chi connectivity index (χ3v) is 4.82. The minimum absolute atomic E-state index is 0.0793. The molecule has 0 amide bonds. The van der Waals surface area contributed by atoms with Crippen molar-refractivity contribution in [2.45, 2.75) is 50.7 Å². The lowest BCUT2D eigenvalue weighted by molar-refractivity contribution is -0.0386. The van der Waals surface area contributed by atoms with E-state index in [0.29, 0.717) is 6.42 Å². The van der Waals surface area contributed by atoms with Crippen LogP contribution >= 0.6 is 0 Å². The summed E-state index contributed by atoms with van der Waals surface area (Å²) >= 11 is 0. The van der Waals surface area contributed by atoms with Crippen LogP contribution in [-0.2, 0) is 13.5 Å². The SMILES string of the molecule is CC1CCC(C(O)Cc2ccn(C)n2)(N(C)C)CC1. The Balaban J connectivity index is 2.10. The number of hydrogen-bond acceptors (Lipinski definition) is 3. The topological polar surface area (TPSA) is 41.3 Å². The maximum Gasteiger partial charge on any atom is 0.0779 e. The van der Waals surface area contributed by atoms with Gasteiger partial charge in [0.05, 0.1) is 11.8 Å². The molecule has 1 saturated carbocycles. The molecule has 0 bridgehead atoms. The van der Waals surface area contributed by atoms with Gasteiger partial charge in [0.1, 0.15) is 0 Å². The zero-order valence-corrected chi connectivity index (χ0v) is 12.6. The Morgan fingerprint density at radius 2 is 2.11 bits per heavy atom. The third kappa shape index (κ3) is 3.00. The highest BCUT2D eigenvalue weighted by Gasteiger charge is 2.42. The van der Waals surface area contributed by atoms with E-state index in [-0.39, 0.29) is 11.6 Å². The first-order valence-corrected chi connectivity index (χ1v) is 7.28. The Hall–Kier alpha value is -0.870. The molecule has 1 unspecified atom stereocenters. The van der Waals surface area contributed by atoms with Gasteiger partial charge in [0.2, 0.25) is 0 Å². The van der Waals surface area contributed by atoms with Crippen molar-refractivity contribution in [3.05, 3.63) is 18.0 Å². The van der Waals surface area contributed by atoms with Crippen molar-refractivity contribution in [2.24, 2.45) is 13.0 Å². The normalized spacial score (nSPS) is 29.7. The molecule has 1 aromatic rings. The number of aryl methyl sites for hydroxylation is 1. The molecule has 1 fully saturated rings. The second-order valence-electron chi connectivity index (χ2n) is 6.38. The summed E-state index contributed by atoms with van der Waals surface area (Å²) in [5, 5.41) is 15.1. The van der Waals surface area contributed by atoms with Crippen molar-refractivity contribution in [1.29, 1.82) is 0 Å². The van der Waals surface area contributed by atoms with Crippen molar-refractivity contribution in [3.63, 3.8) is 0 Å². The predicted molar refractivity (Wildman–Crippen MR) is 77.0 cm³/mol. The molecule has 4 nitrogen and oxygen atoms in total. The third-order valence-electron chi connectivity index (χ3n) is 4.82. The molecule has 1 aliphatic carbocycles. The van der Waals surface area contributed by atoms with Gasteiger partial charge in [0.15, 0.2) is 0 Å². The molecular weight excluding hydrogens is 238 g/mol. The summed E-state index contributed by atoms with van der Waals surface area (Å²) in [5.41, 5.74) is 0.902. The van der Waals surface area contributed by atoms with Crippen LogP contribution in [0.2, 0.25) is 0 Å². The van der Waals surface area contributed by atoms with E-state index in [1.54, 1.807) is 4.68 Å². The second-order valence-corrected chi connectivity index (χ2v) is 6.38. The van der Waals surface area contributed by atoms with Gasteiger partial charge in [0, 0.05) is 25.2 Å². The zero-order valence-electron chi connectivity index (χ0n) is 12.6. The largest absolute Gasteiger partial charge is 0.391 e. The van der Waals surface area contributed by atoms with E-state index in [2.05, 4.69) is 31.0 Å². The predicted octanol–water partition coefficient (Wildman–Crippen LogP) is 1.83. The van der Waals surface area contributed by atoms with Crippen molar-refractivity contribution in [3.8, 4) is 0 Å². The van der Waals surface area contributed by atoms with Crippen LogP contribution in [0.5, 0.6) is 0 Å². The van der Waals surface area contributed by atoms with Crippen LogP contribution in [0.1, 0.15) is 38.3 Å². The minimum atomic E-state index is -0.343. The van der Waals surface area contributed by atoms with Crippen LogP contribution in [-0.4, -0.2) is 45.5 Å². The molecule has 1 atom stereocenters. The standard InChI is InChI=1S/C15H27N3O/c1-12-5-8-15(9-6-12,17(2)3)14(19)11-13-7-10-18(4)16-13/h7,10,12,14,19H,5-6,8-9,11H2,1-4H3. The molecule has 1 aliphatic rings. The Bertz CT molecular complexity index is 405. The van der Waals surface area contributed by atoms with Crippen LogP contribution < -0.4 is 0 Å². The van der Waals surface area contributed by atoms with Gasteiger partial charge in [-0.3, -0.25) is 4.68 Å². The Morgan fingerprint density at radius 3 is 2.58 bits per heavy atom. The summed E-state index contributed by atoms with van der Waals surface area (Å²) < 4.78 is 1.80. The Labute approximate surface area is 116 Å². The van der Waals surface area contributed by atoms with Gasteiger partial charge in [-0.25, -0.2) is 0 Å². The highest BCUT2D eigenvalue weighted by atomic mass is 16.3. The van der Waals surface area contributed by atoms with Crippen LogP contribution in [0.25, 0.3) is 0 Å². The fourth-order valence-corrected chi connectivity index (χ4v) is 3.30. The molecule has 0 aromatic carbocycles. The number of nitrogens with zero attached hydrogens (tertiary/aromatic N) is 3. The molecule has 2 rings (SSSR count). The number of aromatic nitrogens is 2. The van der Waals surface area contributed by atoms with E-state index < -0.39 is 0 Å². The number of rotatable bonds is 4. The van der Waals surface area contributed by atoms with E-state index in [4.69, 9.17) is 0 Å². The van der Waals surface area contributed by atoms with Crippen LogP contribution in [0.3, 0.4) is 0 Å². The lowest BCUT2D eigenvalue weighted by atomic mass is 9.72. The molecule has 0 aliphatic heterocycles. The van der Waals surface area contributed by atoms with E-state index in [1.807, 2.05) is 19.3 Å². The second kappa shape index (κ2) is 5.63. The average Bonchev–Trinajstić information content (AvgIpc) is 2.75. The first kappa shape index (κ1) is 14.5. The summed E-state index contributed by atoms with van der Waals surface area (Å²) in [5.74, 6) is 0.787. The fourth-order valence-electron chi connectivity index (χ4n) is 3.30. The molecule has 1 aromatic heterocycles. The lowest BCUT2D eigenvalue weighted by Crippen LogP contribution is -2.56. The summed E-state index contributed by atoms with van der Waals surface area (Å²) in [7, 11) is 6.11. The highest BCUT2D eigenvalue weighted by molar-refractivity contribution is 5.06. The first-order chi connectivity index (χ1) is 8.94. The van der Waals surface area contributed by atoms with Gasteiger partial charge in [0.25, 0.3) is 0 Å². The van der Waals surface area contributed by atoms with Gasteiger partial charge >= 0.3 is 0 Å². The van der Waals surface area contributed by atoms with E-state index >= 15 is 0 Å². The fraction of sp³-hybridized carbons (Fsp3) is 0.800. The minimum Gasteiger partial charge on any atom is -0.391 e. The number of likely N-dealkylation sites (N-methyl/N-ethyl adjacent to an activating group) is 1. The van der Waals surface area contributed by atoms with Gasteiger partial charge in [-0.2, -0.15) is 5.10 Å². The quantitative estimate of drug-likeness (QED) is 0.903. The molecule has 1 heterocycles. The van der Waals surface area contributed by atoms with Crippen molar-refractivity contribution < 1.29 is 5.11 Å². The number of aliphatic hydroxyl groups excluding tert-OH is 1. The summed E-state index contributed by atoms with van der Waals surface area (Å²) in [6, 6.07) is 2.00. The smallest absolute Gasteiger partial charge is 0.0779 e. The van der Waals surface area contributed by atoms with Crippen LogP contribution in [0.4, 0.5) is 0 Å².